The fourth-order valence-corrected chi connectivity index (χ4v) is 4.76. The summed E-state index contributed by atoms with van der Waals surface area (Å²) in [6.07, 6.45) is 0.911. The van der Waals surface area contributed by atoms with Crippen LogP contribution in [0.25, 0.3) is 10.9 Å². The van der Waals surface area contributed by atoms with E-state index in [0.29, 0.717) is 11.6 Å². The molecule has 0 atom stereocenters. The Bertz CT molecular complexity index is 1170. The maximum absolute atomic E-state index is 12.9. The summed E-state index contributed by atoms with van der Waals surface area (Å²) in [6.45, 7) is 7.48. The minimum atomic E-state index is -0.0395. The van der Waals surface area contributed by atoms with Crippen molar-refractivity contribution in [1.82, 2.24) is 14.8 Å². The number of nitrogens with one attached hydrogen (secondary N) is 1. The Morgan fingerprint density at radius 2 is 1.91 bits per heavy atom. The Kier molecular flexibility index (Phi) is 6.44. The predicted molar refractivity (Wildman–Crippen MR) is 127 cm³/mol. The fourth-order valence-electron chi connectivity index (χ4n) is 4.59. The number of hydrogen-bond donors (Lipinski definition) is 1. The van der Waals surface area contributed by atoms with Crippen LogP contribution in [-0.4, -0.2) is 55.0 Å². The Morgan fingerprint density at radius 1 is 1.09 bits per heavy atom. The van der Waals surface area contributed by atoms with E-state index in [1.54, 1.807) is 0 Å². The van der Waals surface area contributed by atoms with E-state index in [1.165, 1.54) is 5.56 Å². The van der Waals surface area contributed by atoms with Crippen LogP contribution >= 0.6 is 11.6 Å². The van der Waals surface area contributed by atoms with Gasteiger partial charge in [0.2, 0.25) is 12.7 Å². The molecule has 5 rings (SSSR count). The Hall–Kier alpha value is -2.74. The lowest BCUT2D eigenvalue weighted by Crippen LogP contribution is -2.37. The number of hydrogen-bond acceptors (Lipinski definition) is 5. The van der Waals surface area contributed by atoms with Gasteiger partial charge in [0, 0.05) is 47.8 Å². The first-order valence-electron chi connectivity index (χ1n) is 11.3. The van der Waals surface area contributed by atoms with Gasteiger partial charge in [0.1, 0.15) is 6.54 Å². The molecular formula is C25H28ClN3O4. The second-order valence-electron chi connectivity index (χ2n) is 8.48. The third-order valence-corrected chi connectivity index (χ3v) is 6.66. The molecule has 174 valence electrons. The molecule has 1 amide bonds. The van der Waals surface area contributed by atoms with Crippen molar-refractivity contribution in [1.29, 1.82) is 0 Å². The summed E-state index contributed by atoms with van der Waals surface area (Å²) in [4.78, 5) is 15.3. The van der Waals surface area contributed by atoms with Crippen molar-refractivity contribution in [2.45, 2.75) is 26.4 Å². The van der Waals surface area contributed by atoms with Crippen molar-refractivity contribution in [2.24, 2.45) is 0 Å². The molecule has 0 bridgehead atoms. The van der Waals surface area contributed by atoms with Gasteiger partial charge in [-0.2, -0.15) is 0 Å². The van der Waals surface area contributed by atoms with E-state index in [4.69, 9.17) is 25.8 Å². The number of carbonyl (C=O) groups excluding carboxylic acids is 1. The summed E-state index contributed by atoms with van der Waals surface area (Å²) in [5, 5.41) is 4.86. The van der Waals surface area contributed by atoms with Gasteiger partial charge in [0.05, 0.1) is 13.2 Å². The number of aromatic nitrogens is 1. The molecule has 33 heavy (non-hydrogen) atoms. The van der Waals surface area contributed by atoms with Crippen LogP contribution in [0.3, 0.4) is 0 Å². The SMILES string of the molecule is Cc1c(CCN2CCOCC2)c2cc(Cl)ccc2n1CC(=O)NCc1ccc2c(c1)OCO2. The smallest absolute Gasteiger partial charge is 0.240 e. The van der Waals surface area contributed by atoms with Crippen molar-refractivity contribution in [2.75, 3.05) is 39.6 Å². The van der Waals surface area contributed by atoms with Crippen molar-refractivity contribution in [3.05, 3.63) is 58.2 Å². The Labute approximate surface area is 198 Å². The van der Waals surface area contributed by atoms with Crippen LogP contribution in [0.4, 0.5) is 0 Å². The molecule has 0 saturated carbocycles. The topological polar surface area (TPSA) is 65.0 Å². The third kappa shape index (κ3) is 4.81. The van der Waals surface area contributed by atoms with E-state index < -0.39 is 0 Å². The highest BCUT2D eigenvalue weighted by Gasteiger charge is 2.19. The molecule has 3 heterocycles. The molecule has 2 aliphatic rings. The van der Waals surface area contributed by atoms with Crippen LogP contribution in [0.15, 0.2) is 36.4 Å². The van der Waals surface area contributed by atoms with E-state index in [9.17, 15) is 4.79 Å². The number of fused-ring (bicyclic) bond motifs is 2. The molecule has 3 aromatic rings. The largest absolute Gasteiger partial charge is 0.454 e. The summed E-state index contributed by atoms with van der Waals surface area (Å²) in [5.74, 6) is 1.42. The molecule has 2 aliphatic heterocycles. The maximum atomic E-state index is 12.9. The van der Waals surface area contributed by atoms with Gasteiger partial charge in [0.15, 0.2) is 11.5 Å². The van der Waals surface area contributed by atoms with Crippen LogP contribution in [0.5, 0.6) is 11.5 Å². The van der Waals surface area contributed by atoms with Gasteiger partial charge in [0.25, 0.3) is 0 Å². The summed E-state index contributed by atoms with van der Waals surface area (Å²) < 4.78 is 18.3. The Balaban J connectivity index is 1.30. The van der Waals surface area contributed by atoms with Gasteiger partial charge >= 0.3 is 0 Å². The van der Waals surface area contributed by atoms with Gasteiger partial charge in [-0.25, -0.2) is 0 Å². The van der Waals surface area contributed by atoms with E-state index in [2.05, 4.69) is 21.7 Å². The zero-order chi connectivity index (χ0) is 22.8. The lowest BCUT2D eigenvalue weighted by atomic mass is 10.1. The highest BCUT2D eigenvalue weighted by Crippen LogP contribution is 2.32. The average Bonchev–Trinajstić information content (AvgIpc) is 3.39. The van der Waals surface area contributed by atoms with Crippen LogP contribution in [0.2, 0.25) is 5.02 Å². The van der Waals surface area contributed by atoms with Gasteiger partial charge in [-0.15, -0.1) is 0 Å². The number of rotatable bonds is 7. The standard InChI is InChI=1S/C25H28ClN3O4/c1-17-20(6-7-28-8-10-31-11-9-28)21-13-19(26)3-4-22(21)29(17)15-25(30)27-14-18-2-5-23-24(12-18)33-16-32-23/h2-5,12-13H,6-11,14-16H2,1H3,(H,27,30). The molecule has 8 heteroatoms. The number of benzene rings is 2. The molecule has 1 aromatic heterocycles. The molecule has 7 nitrogen and oxygen atoms in total. The average molecular weight is 470 g/mol. The van der Waals surface area contributed by atoms with Crippen molar-refractivity contribution in [3.8, 4) is 11.5 Å². The van der Waals surface area contributed by atoms with Crippen LogP contribution in [-0.2, 0) is 29.0 Å². The molecular weight excluding hydrogens is 442 g/mol. The molecule has 0 aliphatic carbocycles. The van der Waals surface area contributed by atoms with Gasteiger partial charge in [-0.3, -0.25) is 9.69 Å². The predicted octanol–water partition coefficient (Wildman–Crippen LogP) is 3.52. The zero-order valence-corrected chi connectivity index (χ0v) is 19.5. The van der Waals surface area contributed by atoms with Gasteiger partial charge < -0.3 is 24.1 Å². The summed E-state index contributed by atoms with van der Waals surface area (Å²) in [6, 6.07) is 11.6. The maximum Gasteiger partial charge on any atom is 0.240 e. The number of halogens is 1. The Morgan fingerprint density at radius 3 is 2.76 bits per heavy atom. The molecule has 0 spiro atoms. The van der Waals surface area contributed by atoms with Crippen molar-refractivity contribution >= 4 is 28.4 Å². The number of amides is 1. The zero-order valence-electron chi connectivity index (χ0n) is 18.7. The highest BCUT2D eigenvalue weighted by molar-refractivity contribution is 6.31. The summed E-state index contributed by atoms with van der Waals surface area (Å²) in [5.41, 5.74) is 4.37. The normalized spacial score (nSPS) is 15.8. The van der Waals surface area contributed by atoms with E-state index in [1.807, 2.05) is 36.4 Å². The summed E-state index contributed by atoms with van der Waals surface area (Å²) in [7, 11) is 0. The second kappa shape index (κ2) is 9.63. The first-order chi connectivity index (χ1) is 16.1. The molecule has 0 unspecified atom stereocenters. The van der Waals surface area contributed by atoms with Gasteiger partial charge in [-0.05, 0) is 54.8 Å². The lowest BCUT2D eigenvalue weighted by molar-refractivity contribution is -0.121. The van der Waals surface area contributed by atoms with Gasteiger partial charge in [-0.1, -0.05) is 17.7 Å². The molecule has 1 N–H and O–H groups in total. The highest BCUT2D eigenvalue weighted by atomic mass is 35.5. The number of nitrogens with zero attached hydrogens (tertiary/aromatic N) is 2. The van der Waals surface area contributed by atoms with Crippen molar-refractivity contribution in [3.63, 3.8) is 0 Å². The van der Waals surface area contributed by atoms with Crippen LogP contribution in [0, 0.1) is 6.92 Å². The number of morpholine rings is 1. The van der Waals surface area contributed by atoms with Crippen LogP contribution < -0.4 is 14.8 Å². The quantitative estimate of drug-likeness (QED) is 0.573. The molecule has 1 saturated heterocycles. The lowest BCUT2D eigenvalue weighted by Gasteiger charge is -2.26. The third-order valence-electron chi connectivity index (χ3n) is 6.43. The first-order valence-corrected chi connectivity index (χ1v) is 11.7. The van der Waals surface area contributed by atoms with Crippen molar-refractivity contribution < 1.29 is 19.0 Å². The fraction of sp³-hybridized carbons (Fsp3) is 0.400. The monoisotopic (exact) mass is 469 g/mol. The minimum Gasteiger partial charge on any atom is -0.454 e. The minimum absolute atomic E-state index is 0.0395. The number of ether oxygens (including phenoxy) is 3. The van der Waals surface area contributed by atoms with E-state index in [-0.39, 0.29) is 19.2 Å². The van der Waals surface area contributed by atoms with Crippen LogP contribution in [0.1, 0.15) is 16.8 Å². The number of carbonyl (C=O) groups is 1. The molecule has 0 radical (unpaired) electrons. The van der Waals surface area contributed by atoms with E-state index in [0.717, 1.165) is 72.9 Å². The summed E-state index contributed by atoms with van der Waals surface area (Å²) >= 11 is 6.33. The first kappa shape index (κ1) is 22.1. The molecule has 2 aromatic carbocycles. The molecule has 1 fully saturated rings. The van der Waals surface area contributed by atoms with E-state index >= 15 is 0 Å². The second-order valence-corrected chi connectivity index (χ2v) is 8.92.